The summed E-state index contributed by atoms with van der Waals surface area (Å²) in [5, 5.41) is 3.25. The second-order valence-corrected chi connectivity index (χ2v) is 14.4. The number of halogens is 1. The van der Waals surface area contributed by atoms with Crippen LogP contribution >= 0.6 is 0 Å². The molecule has 8 rings (SSSR count). The Labute approximate surface area is 318 Å². The van der Waals surface area contributed by atoms with E-state index >= 15 is 4.39 Å². The molecular formula is C43H55FN6O4. The summed E-state index contributed by atoms with van der Waals surface area (Å²) in [6.07, 6.45) is 14.2. The van der Waals surface area contributed by atoms with Crippen molar-refractivity contribution in [2.75, 3.05) is 44.2 Å². The van der Waals surface area contributed by atoms with Crippen molar-refractivity contribution in [3.8, 4) is 17.2 Å². The molecule has 3 saturated heterocycles. The SMILES string of the molecule is C=CC.CC.Cc1c[nH]cc1CCCC(=O)NC1CCN(c2c(F)cc3c(=O)c(C(=O)N4CCC(N5CCCC5)CC4)cn4c3c2Oc2ccccc2-4)C1. The average Bonchev–Trinajstić information content (AvgIpc) is 3.97. The van der Waals surface area contributed by atoms with Crippen LogP contribution in [0.15, 0.2) is 66.4 Å². The first-order chi connectivity index (χ1) is 26.3. The molecule has 4 aliphatic rings. The number of carbonyl (C=O) groups excluding carboxylic acids is 2. The summed E-state index contributed by atoms with van der Waals surface area (Å²) in [5.41, 5.74) is 3.34. The van der Waals surface area contributed by atoms with Crippen molar-refractivity contribution in [2.45, 2.75) is 91.1 Å². The number of hydrogen-bond acceptors (Lipinski definition) is 6. The number of piperidine rings is 1. The number of aryl methyl sites for hydroxylation is 2. The van der Waals surface area contributed by atoms with Gasteiger partial charge in [0.05, 0.1) is 11.1 Å². The standard InChI is InChI=1S/C38H43FN6O4.C3H6.C2H6/c1-24-20-40-21-25(24)7-6-10-33(46)41-26-11-16-44(22-26)35-30(39)19-28-34-37(35)49-32-9-3-2-8-31(32)45(34)23-29(36(28)47)38(48)43-17-12-27(13-18-43)42-14-4-5-15-42;1-3-2;1-2/h2-3,8-9,19-21,23,26-27,40H,4-7,10-18,22H2,1H3,(H,41,46);3H,1H2,2H3;1-2H3. The highest BCUT2D eigenvalue weighted by Crippen LogP contribution is 2.47. The number of anilines is 1. The van der Waals surface area contributed by atoms with Gasteiger partial charge in [0, 0.05) is 63.3 Å². The predicted octanol–water partition coefficient (Wildman–Crippen LogP) is 7.51. The first-order valence-electron chi connectivity index (χ1n) is 19.7. The number of aromatic nitrogens is 2. The van der Waals surface area contributed by atoms with Crippen LogP contribution in [0, 0.1) is 12.7 Å². The molecule has 2 amide bonds. The van der Waals surface area contributed by atoms with Gasteiger partial charge in [0.2, 0.25) is 11.3 Å². The number of carbonyl (C=O) groups is 2. The number of ether oxygens (including phenoxy) is 1. The van der Waals surface area contributed by atoms with E-state index in [1.165, 1.54) is 30.0 Å². The van der Waals surface area contributed by atoms with Crippen LogP contribution in [0.1, 0.15) is 87.2 Å². The van der Waals surface area contributed by atoms with Crippen LogP contribution in [0.4, 0.5) is 10.1 Å². The fourth-order valence-corrected chi connectivity index (χ4v) is 8.28. The van der Waals surface area contributed by atoms with Gasteiger partial charge in [-0.2, -0.15) is 0 Å². The van der Waals surface area contributed by atoms with Crippen LogP contribution in [0.2, 0.25) is 0 Å². The zero-order chi connectivity index (χ0) is 38.4. The van der Waals surface area contributed by atoms with Crippen molar-refractivity contribution in [2.24, 2.45) is 0 Å². The maximum atomic E-state index is 16.3. The minimum Gasteiger partial charge on any atom is -0.451 e. The Hall–Kier alpha value is -4.90. The number of pyridine rings is 1. The Morgan fingerprint density at radius 1 is 1.06 bits per heavy atom. The summed E-state index contributed by atoms with van der Waals surface area (Å²) in [7, 11) is 0. The molecule has 10 nitrogen and oxygen atoms in total. The quantitative estimate of drug-likeness (QED) is 0.160. The van der Waals surface area contributed by atoms with E-state index < -0.39 is 11.2 Å². The number of fused-ring (bicyclic) bond motifs is 2. The van der Waals surface area contributed by atoms with Gasteiger partial charge in [-0.05, 0) is 101 Å². The van der Waals surface area contributed by atoms with Gasteiger partial charge in [0.25, 0.3) is 5.91 Å². The lowest BCUT2D eigenvalue weighted by atomic mass is 10.0. The Kier molecular flexibility index (Phi) is 12.6. The molecular weight excluding hydrogens is 684 g/mol. The van der Waals surface area contributed by atoms with Crippen molar-refractivity contribution in [3.05, 3.63) is 94.3 Å². The number of rotatable bonds is 8. The molecule has 2 aromatic carbocycles. The van der Waals surface area contributed by atoms with Gasteiger partial charge < -0.3 is 34.3 Å². The Bertz CT molecular complexity index is 2020. The van der Waals surface area contributed by atoms with Crippen LogP contribution in [0.25, 0.3) is 16.6 Å². The number of allylic oxidation sites excluding steroid dienone is 1. The lowest BCUT2D eigenvalue weighted by Crippen LogP contribution is -2.46. The molecule has 11 heteroatoms. The highest BCUT2D eigenvalue weighted by molar-refractivity contribution is 6.01. The molecule has 2 N–H and O–H groups in total. The zero-order valence-electron chi connectivity index (χ0n) is 32.3. The average molecular weight is 739 g/mol. The molecule has 0 saturated carbocycles. The first kappa shape index (κ1) is 38.8. The summed E-state index contributed by atoms with van der Waals surface area (Å²) in [6, 6.07) is 8.99. The molecule has 3 fully saturated rings. The number of likely N-dealkylation sites (tertiary alicyclic amines) is 2. The van der Waals surface area contributed by atoms with Crippen LogP contribution in [0.3, 0.4) is 0 Å². The number of aromatic amines is 1. The van der Waals surface area contributed by atoms with Crippen molar-refractivity contribution in [3.63, 3.8) is 0 Å². The summed E-state index contributed by atoms with van der Waals surface area (Å²) >= 11 is 0. The molecule has 2 aromatic heterocycles. The van der Waals surface area contributed by atoms with E-state index in [0.717, 1.165) is 38.8 Å². The van der Waals surface area contributed by atoms with Crippen LogP contribution in [-0.2, 0) is 11.2 Å². The summed E-state index contributed by atoms with van der Waals surface area (Å²) in [6.45, 7) is 15.7. The van der Waals surface area contributed by atoms with Gasteiger partial charge in [0.1, 0.15) is 16.8 Å². The predicted molar refractivity (Wildman–Crippen MR) is 214 cm³/mol. The van der Waals surface area contributed by atoms with Gasteiger partial charge in [0.15, 0.2) is 17.3 Å². The van der Waals surface area contributed by atoms with E-state index in [0.29, 0.717) is 62.0 Å². The number of benzene rings is 2. The number of para-hydroxylation sites is 2. The first-order valence-corrected chi connectivity index (χ1v) is 19.7. The fourth-order valence-electron chi connectivity index (χ4n) is 8.28. The molecule has 54 heavy (non-hydrogen) atoms. The van der Waals surface area contributed by atoms with Gasteiger partial charge >= 0.3 is 0 Å². The van der Waals surface area contributed by atoms with Crippen molar-refractivity contribution in [1.29, 1.82) is 0 Å². The third-order valence-corrected chi connectivity index (χ3v) is 10.9. The smallest absolute Gasteiger partial charge is 0.259 e. The number of H-pyrrole nitrogens is 1. The lowest BCUT2D eigenvalue weighted by molar-refractivity contribution is -0.121. The van der Waals surface area contributed by atoms with E-state index in [-0.39, 0.29) is 40.2 Å². The highest BCUT2D eigenvalue weighted by atomic mass is 19.1. The van der Waals surface area contributed by atoms with Crippen molar-refractivity contribution < 1.29 is 18.7 Å². The molecule has 0 spiro atoms. The van der Waals surface area contributed by atoms with Crippen molar-refractivity contribution >= 4 is 28.4 Å². The van der Waals surface area contributed by atoms with E-state index in [4.69, 9.17) is 4.74 Å². The van der Waals surface area contributed by atoms with E-state index in [1.54, 1.807) is 17.2 Å². The molecule has 288 valence electrons. The van der Waals surface area contributed by atoms with E-state index in [2.05, 4.69) is 28.7 Å². The second-order valence-electron chi connectivity index (χ2n) is 14.4. The van der Waals surface area contributed by atoms with Crippen LogP contribution in [-0.4, -0.2) is 82.5 Å². The zero-order valence-corrected chi connectivity index (χ0v) is 32.3. The molecule has 0 radical (unpaired) electrons. The van der Waals surface area contributed by atoms with Gasteiger partial charge in [-0.1, -0.05) is 32.1 Å². The van der Waals surface area contributed by atoms with Crippen molar-refractivity contribution in [1.82, 2.24) is 24.7 Å². The third-order valence-electron chi connectivity index (χ3n) is 10.9. The number of amides is 2. The lowest BCUT2D eigenvalue weighted by Gasteiger charge is -2.36. The molecule has 0 aliphatic carbocycles. The van der Waals surface area contributed by atoms with E-state index in [9.17, 15) is 14.4 Å². The number of hydrogen-bond donors (Lipinski definition) is 2. The third kappa shape index (κ3) is 7.97. The largest absolute Gasteiger partial charge is 0.451 e. The summed E-state index contributed by atoms with van der Waals surface area (Å²) < 4.78 is 24.5. The van der Waals surface area contributed by atoms with Gasteiger partial charge in [-0.3, -0.25) is 14.4 Å². The van der Waals surface area contributed by atoms with Gasteiger partial charge in [-0.25, -0.2) is 4.39 Å². The topological polar surface area (TPSA) is 103 Å². The van der Waals surface area contributed by atoms with E-state index in [1.807, 2.05) is 66.9 Å². The monoisotopic (exact) mass is 738 g/mol. The minimum atomic E-state index is -0.588. The Morgan fingerprint density at radius 3 is 2.48 bits per heavy atom. The molecule has 6 heterocycles. The molecule has 1 unspecified atom stereocenters. The molecule has 4 aromatic rings. The minimum absolute atomic E-state index is 0.0168. The summed E-state index contributed by atoms with van der Waals surface area (Å²) in [4.78, 5) is 50.1. The molecule has 1 atom stereocenters. The highest BCUT2D eigenvalue weighted by Gasteiger charge is 2.35. The second kappa shape index (κ2) is 17.5. The maximum absolute atomic E-state index is 16.3. The fraction of sp³-hybridized carbons (Fsp3) is 0.465. The normalized spacial score (nSPS) is 17.9. The summed E-state index contributed by atoms with van der Waals surface area (Å²) in [5.74, 6) is -0.150. The Balaban J connectivity index is 0.000000949. The van der Waals surface area contributed by atoms with Crippen LogP contribution < -0.4 is 20.4 Å². The number of nitrogens with one attached hydrogen (secondary N) is 2. The van der Waals surface area contributed by atoms with Gasteiger partial charge in [-0.15, -0.1) is 6.58 Å². The number of nitrogens with zero attached hydrogens (tertiary/aromatic N) is 4. The molecule has 0 bridgehead atoms. The molecule has 4 aliphatic heterocycles. The maximum Gasteiger partial charge on any atom is 0.259 e. The Morgan fingerprint density at radius 2 is 1.78 bits per heavy atom. The van der Waals surface area contributed by atoms with Crippen LogP contribution in [0.5, 0.6) is 11.5 Å².